The summed E-state index contributed by atoms with van der Waals surface area (Å²) < 4.78 is 11.1. The second-order valence-electron chi connectivity index (χ2n) is 4.04. The van der Waals surface area contributed by atoms with Crippen LogP contribution in [0.25, 0.3) is 0 Å². The van der Waals surface area contributed by atoms with Gasteiger partial charge in [0.15, 0.2) is 17.8 Å². The van der Waals surface area contributed by atoms with Gasteiger partial charge in [-0.05, 0) is 34.8 Å². The number of carbonyl (C=O) groups excluding carboxylic acids is 1. The molecule has 0 aliphatic heterocycles. The first-order chi connectivity index (χ1) is 8.07. The molecule has 1 aliphatic rings. The fraction of sp³-hybridized carbons (Fsp3) is 0.417. The van der Waals surface area contributed by atoms with Gasteiger partial charge in [-0.2, -0.15) is 0 Å². The van der Waals surface area contributed by atoms with Crippen LogP contribution in [0.4, 0.5) is 0 Å². The second-order valence-corrected chi connectivity index (χ2v) is 4.89. The number of carbonyl (C=O) groups is 1. The molecule has 0 bridgehead atoms. The SMILES string of the molecule is COc1c(C2(O)CC2)cc(Br)c(C=O)c1OC. The number of ether oxygens (including phenoxy) is 2. The van der Waals surface area contributed by atoms with Gasteiger partial charge in [0.2, 0.25) is 0 Å². The zero-order chi connectivity index (χ0) is 12.6. The molecule has 0 unspecified atom stereocenters. The lowest BCUT2D eigenvalue weighted by molar-refractivity contribution is 0.111. The van der Waals surface area contributed by atoms with Crippen molar-refractivity contribution in [3.05, 3.63) is 21.7 Å². The van der Waals surface area contributed by atoms with Gasteiger partial charge in [-0.15, -0.1) is 0 Å². The predicted molar refractivity (Wildman–Crippen MR) is 65.8 cm³/mol. The van der Waals surface area contributed by atoms with Crippen LogP contribution in [0, 0.1) is 0 Å². The Bertz CT molecular complexity index is 466. The zero-order valence-corrected chi connectivity index (χ0v) is 11.2. The van der Waals surface area contributed by atoms with E-state index in [0.29, 0.717) is 46.2 Å². The third-order valence-corrected chi connectivity index (χ3v) is 3.63. The molecular weight excluding hydrogens is 288 g/mol. The smallest absolute Gasteiger partial charge is 0.172 e. The lowest BCUT2D eigenvalue weighted by Crippen LogP contribution is -2.09. The highest BCUT2D eigenvalue weighted by atomic mass is 79.9. The average Bonchev–Trinajstić information content (AvgIpc) is 3.06. The normalized spacial score (nSPS) is 16.5. The van der Waals surface area contributed by atoms with Gasteiger partial charge in [-0.1, -0.05) is 0 Å². The van der Waals surface area contributed by atoms with E-state index in [1.807, 2.05) is 0 Å². The molecule has 1 aromatic rings. The number of rotatable bonds is 4. The van der Waals surface area contributed by atoms with E-state index in [1.165, 1.54) is 14.2 Å². The fourth-order valence-corrected chi connectivity index (χ4v) is 2.37. The molecule has 17 heavy (non-hydrogen) atoms. The van der Waals surface area contributed by atoms with Crippen LogP contribution in [0.3, 0.4) is 0 Å². The number of benzene rings is 1. The quantitative estimate of drug-likeness (QED) is 0.867. The molecule has 1 N–H and O–H groups in total. The highest BCUT2D eigenvalue weighted by Gasteiger charge is 2.45. The van der Waals surface area contributed by atoms with Crippen LogP contribution in [0.2, 0.25) is 0 Å². The summed E-state index contributed by atoms with van der Waals surface area (Å²) in [5.74, 6) is 0.782. The van der Waals surface area contributed by atoms with Crippen molar-refractivity contribution in [2.45, 2.75) is 18.4 Å². The lowest BCUT2D eigenvalue weighted by atomic mass is 10.0. The Morgan fingerprint density at radius 1 is 1.35 bits per heavy atom. The summed E-state index contributed by atoms with van der Waals surface area (Å²) in [4.78, 5) is 11.0. The topological polar surface area (TPSA) is 55.8 Å². The number of aldehydes is 1. The van der Waals surface area contributed by atoms with Crippen molar-refractivity contribution < 1.29 is 19.4 Å². The van der Waals surface area contributed by atoms with Crippen molar-refractivity contribution in [3.63, 3.8) is 0 Å². The molecule has 0 amide bonds. The largest absolute Gasteiger partial charge is 0.492 e. The molecule has 1 aromatic carbocycles. The van der Waals surface area contributed by atoms with Crippen molar-refractivity contribution in [2.75, 3.05) is 14.2 Å². The van der Waals surface area contributed by atoms with E-state index in [4.69, 9.17) is 9.47 Å². The maximum atomic E-state index is 11.0. The van der Waals surface area contributed by atoms with Crippen molar-refractivity contribution in [1.29, 1.82) is 0 Å². The summed E-state index contributed by atoms with van der Waals surface area (Å²) >= 11 is 3.30. The molecule has 1 saturated carbocycles. The second kappa shape index (κ2) is 4.31. The highest BCUT2D eigenvalue weighted by molar-refractivity contribution is 9.10. The zero-order valence-electron chi connectivity index (χ0n) is 9.62. The van der Waals surface area contributed by atoms with E-state index in [-0.39, 0.29) is 0 Å². The van der Waals surface area contributed by atoms with Crippen molar-refractivity contribution in [1.82, 2.24) is 0 Å². The van der Waals surface area contributed by atoms with Crippen LogP contribution >= 0.6 is 15.9 Å². The van der Waals surface area contributed by atoms with Gasteiger partial charge in [0.25, 0.3) is 0 Å². The molecule has 0 radical (unpaired) electrons. The first kappa shape index (κ1) is 12.4. The Balaban J connectivity index is 2.69. The molecular formula is C12H13BrO4. The lowest BCUT2D eigenvalue weighted by Gasteiger charge is -2.18. The van der Waals surface area contributed by atoms with Gasteiger partial charge in [0.1, 0.15) is 0 Å². The van der Waals surface area contributed by atoms with Gasteiger partial charge in [-0.3, -0.25) is 4.79 Å². The molecule has 2 rings (SSSR count). The van der Waals surface area contributed by atoms with Gasteiger partial charge in [0, 0.05) is 10.0 Å². The summed E-state index contributed by atoms with van der Waals surface area (Å²) in [6, 6.07) is 1.72. The summed E-state index contributed by atoms with van der Waals surface area (Å²) in [6.45, 7) is 0. The van der Waals surface area contributed by atoms with Crippen LogP contribution in [-0.2, 0) is 5.60 Å². The first-order valence-electron chi connectivity index (χ1n) is 5.20. The monoisotopic (exact) mass is 300 g/mol. The van der Waals surface area contributed by atoms with Crippen LogP contribution in [0.5, 0.6) is 11.5 Å². The average molecular weight is 301 g/mol. The standard InChI is InChI=1S/C12H13BrO4/c1-16-10-7(6-14)9(13)5-8(11(10)17-2)12(15)3-4-12/h5-6,15H,3-4H2,1-2H3. The minimum Gasteiger partial charge on any atom is -0.492 e. The Morgan fingerprint density at radius 3 is 2.35 bits per heavy atom. The molecule has 0 heterocycles. The highest BCUT2D eigenvalue weighted by Crippen LogP contribution is 2.52. The number of hydrogen-bond acceptors (Lipinski definition) is 4. The molecule has 5 heteroatoms. The molecule has 0 saturated heterocycles. The van der Waals surface area contributed by atoms with Crippen LogP contribution in [-0.4, -0.2) is 25.6 Å². The Kier molecular flexibility index (Phi) is 3.14. The molecule has 0 atom stereocenters. The number of methoxy groups -OCH3 is 2. The molecule has 0 spiro atoms. The maximum Gasteiger partial charge on any atom is 0.172 e. The van der Waals surface area contributed by atoms with Crippen LogP contribution in [0.15, 0.2) is 10.5 Å². The third-order valence-electron chi connectivity index (χ3n) is 2.97. The minimum atomic E-state index is -0.845. The van der Waals surface area contributed by atoms with E-state index in [9.17, 15) is 9.90 Å². The van der Waals surface area contributed by atoms with Crippen molar-refractivity contribution in [2.24, 2.45) is 0 Å². The third kappa shape index (κ3) is 1.93. The van der Waals surface area contributed by atoms with E-state index in [2.05, 4.69) is 15.9 Å². The van der Waals surface area contributed by atoms with Gasteiger partial charge >= 0.3 is 0 Å². The molecule has 1 aliphatic carbocycles. The summed E-state index contributed by atoms with van der Waals surface area (Å²) in [7, 11) is 2.97. The van der Waals surface area contributed by atoms with Crippen molar-refractivity contribution in [3.8, 4) is 11.5 Å². The van der Waals surface area contributed by atoms with Gasteiger partial charge in [0.05, 0.1) is 25.4 Å². The van der Waals surface area contributed by atoms with Crippen LogP contribution in [0.1, 0.15) is 28.8 Å². The van der Waals surface area contributed by atoms with E-state index >= 15 is 0 Å². The molecule has 1 fully saturated rings. The van der Waals surface area contributed by atoms with Crippen LogP contribution < -0.4 is 9.47 Å². The first-order valence-corrected chi connectivity index (χ1v) is 5.99. The number of aliphatic hydroxyl groups is 1. The summed E-state index contributed by atoms with van der Waals surface area (Å²) in [5, 5.41) is 10.2. The number of hydrogen-bond donors (Lipinski definition) is 1. The van der Waals surface area contributed by atoms with E-state index < -0.39 is 5.60 Å². The Labute approximate surface area is 108 Å². The van der Waals surface area contributed by atoms with Gasteiger partial charge < -0.3 is 14.6 Å². The Morgan fingerprint density at radius 2 is 1.94 bits per heavy atom. The Hall–Kier alpha value is -1.07. The van der Waals surface area contributed by atoms with Crippen molar-refractivity contribution >= 4 is 22.2 Å². The molecule has 4 nitrogen and oxygen atoms in total. The van der Waals surface area contributed by atoms with E-state index in [1.54, 1.807) is 6.07 Å². The molecule has 92 valence electrons. The van der Waals surface area contributed by atoms with Gasteiger partial charge in [-0.25, -0.2) is 0 Å². The predicted octanol–water partition coefficient (Wildman–Crippen LogP) is 2.26. The molecule has 0 aromatic heterocycles. The summed E-state index contributed by atoms with van der Waals surface area (Å²) in [6.07, 6.45) is 2.09. The maximum absolute atomic E-state index is 11.0. The minimum absolute atomic E-state index is 0.354. The van der Waals surface area contributed by atoms with E-state index in [0.717, 1.165) is 0 Å². The number of halogens is 1. The summed E-state index contributed by atoms with van der Waals surface area (Å²) in [5.41, 5.74) is 0.203. The fourth-order valence-electron chi connectivity index (χ4n) is 1.87.